The molecule has 1 heterocycles. The van der Waals surface area contributed by atoms with Crippen LogP contribution < -0.4 is 0 Å². The molecule has 0 spiro atoms. The number of fused-ring (bicyclic) bond motifs is 1. The monoisotopic (exact) mass is 389 g/mol. The third-order valence-corrected chi connectivity index (χ3v) is 5.77. The van der Waals surface area contributed by atoms with Crippen LogP contribution in [0.4, 0.5) is 13.2 Å². The quantitative estimate of drug-likeness (QED) is 0.515. The Morgan fingerprint density at radius 1 is 1.33 bits per heavy atom. The van der Waals surface area contributed by atoms with Crippen LogP contribution in [0, 0.1) is 17.8 Å². The molecule has 1 saturated heterocycles. The maximum absolute atomic E-state index is 12.5. The summed E-state index contributed by atoms with van der Waals surface area (Å²) in [6, 6.07) is -0.196. The Bertz CT molecular complexity index is 676. The second kappa shape index (κ2) is 6.83. The molecule has 0 aromatic rings. The number of carbonyl (C=O) groups excluding carboxylic acids is 3. The summed E-state index contributed by atoms with van der Waals surface area (Å²) in [7, 11) is 0. The van der Waals surface area contributed by atoms with Crippen molar-refractivity contribution in [1.82, 2.24) is 4.90 Å². The number of alkyl halides is 3. The molecule has 3 aliphatic rings. The van der Waals surface area contributed by atoms with Gasteiger partial charge in [0.05, 0.1) is 6.04 Å². The fraction of sp³-hybridized carbons (Fsp3) is 0.722. The van der Waals surface area contributed by atoms with E-state index in [1.807, 2.05) is 6.92 Å². The summed E-state index contributed by atoms with van der Waals surface area (Å²) in [4.78, 5) is 38.0. The molecule has 27 heavy (non-hydrogen) atoms. The molecule has 0 aromatic heterocycles. The molecule has 3 rings (SSSR count). The number of amides is 1. The third kappa shape index (κ3) is 3.32. The molecule has 6 unspecified atom stereocenters. The number of hydrogen-bond donors (Lipinski definition) is 0. The minimum atomic E-state index is -4.93. The van der Waals surface area contributed by atoms with Gasteiger partial charge in [-0.15, -0.1) is 0 Å². The first-order valence-corrected chi connectivity index (χ1v) is 9.04. The maximum Gasteiger partial charge on any atom is 0.422 e. The van der Waals surface area contributed by atoms with Crippen molar-refractivity contribution >= 4 is 17.8 Å². The molecule has 6 atom stereocenters. The number of ether oxygens (including phenoxy) is 2. The third-order valence-electron chi connectivity index (χ3n) is 5.77. The summed E-state index contributed by atoms with van der Waals surface area (Å²) < 4.78 is 47.5. The zero-order valence-electron chi connectivity index (χ0n) is 15.1. The highest BCUT2D eigenvalue weighted by atomic mass is 19.4. The molecular weight excluding hydrogens is 367 g/mol. The minimum Gasteiger partial charge on any atom is -0.457 e. The second-order valence-corrected chi connectivity index (χ2v) is 7.45. The van der Waals surface area contributed by atoms with Gasteiger partial charge in [0.25, 0.3) is 0 Å². The van der Waals surface area contributed by atoms with Crippen molar-refractivity contribution in [2.45, 2.75) is 57.5 Å². The minimum absolute atomic E-state index is 0.0214. The van der Waals surface area contributed by atoms with Gasteiger partial charge in [-0.25, -0.2) is 9.59 Å². The van der Waals surface area contributed by atoms with Gasteiger partial charge in [0.1, 0.15) is 11.7 Å². The molecular formula is C18H22F3NO5. The van der Waals surface area contributed by atoms with Crippen LogP contribution >= 0.6 is 0 Å². The van der Waals surface area contributed by atoms with Crippen LogP contribution in [0.3, 0.4) is 0 Å². The first kappa shape index (κ1) is 19.7. The number of carbonyl (C=O) groups is 3. The molecule has 150 valence electrons. The second-order valence-electron chi connectivity index (χ2n) is 7.45. The van der Waals surface area contributed by atoms with Crippen LogP contribution in [-0.4, -0.2) is 53.7 Å². The van der Waals surface area contributed by atoms with Gasteiger partial charge >= 0.3 is 18.1 Å². The van der Waals surface area contributed by atoms with Crippen molar-refractivity contribution in [3.8, 4) is 0 Å². The van der Waals surface area contributed by atoms with Crippen molar-refractivity contribution in [1.29, 1.82) is 0 Å². The average molecular weight is 389 g/mol. The number of hydrogen-bond acceptors (Lipinski definition) is 5. The summed E-state index contributed by atoms with van der Waals surface area (Å²) in [5, 5.41) is 0. The molecule has 1 aliphatic heterocycles. The Morgan fingerprint density at radius 2 is 2.00 bits per heavy atom. The van der Waals surface area contributed by atoms with Gasteiger partial charge in [-0.1, -0.05) is 13.5 Å². The normalized spacial score (nSPS) is 32.6. The highest BCUT2D eigenvalue weighted by molar-refractivity contribution is 5.91. The van der Waals surface area contributed by atoms with E-state index >= 15 is 0 Å². The van der Waals surface area contributed by atoms with Gasteiger partial charge in [0.15, 0.2) is 6.10 Å². The van der Waals surface area contributed by atoms with E-state index in [-0.39, 0.29) is 29.7 Å². The number of likely N-dealkylation sites (tertiary alicyclic amines) is 1. The molecule has 0 N–H and O–H groups in total. The molecule has 2 saturated carbocycles. The van der Waals surface area contributed by atoms with Crippen LogP contribution in [0.1, 0.15) is 33.1 Å². The molecule has 9 heteroatoms. The largest absolute Gasteiger partial charge is 0.457 e. The van der Waals surface area contributed by atoms with E-state index < -0.39 is 35.9 Å². The SMILES string of the molecule is C=C(C(=O)OC(C)C(=O)OC1C2CC3C(=O)N(CCC)C1C3C2)C(F)(F)F. The van der Waals surface area contributed by atoms with Crippen molar-refractivity contribution < 1.29 is 37.0 Å². The van der Waals surface area contributed by atoms with Gasteiger partial charge < -0.3 is 14.4 Å². The van der Waals surface area contributed by atoms with E-state index in [1.165, 1.54) is 0 Å². The van der Waals surface area contributed by atoms with Crippen LogP contribution in [0.5, 0.6) is 0 Å². The van der Waals surface area contributed by atoms with E-state index in [0.29, 0.717) is 13.0 Å². The summed E-state index contributed by atoms with van der Waals surface area (Å²) in [5.41, 5.74) is -1.68. The van der Waals surface area contributed by atoms with Gasteiger partial charge in [0, 0.05) is 12.5 Å². The van der Waals surface area contributed by atoms with Crippen LogP contribution in [0.2, 0.25) is 0 Å². The van der Waals surface area contributed by atoms with E-state index in [4.69, 9.17) is 4.74 Å². The number of rotatable bonds is 6. The first-order valence-electron chi connectivity index (χ1n) is 9.04. The average Bonchev–Trinajstić information content (AvgIpc) is 3.20. The number of nitrogens with zero attached hydrogens (tertiary/aromatic N) is 1. The fourth-order valence-electron chi connectivity index (χ4n) is 4.62. The van der Waals surface area contributed by atoms with E-state index in [0.717, 1.165) is 19.8 Å². The highest BCUT2D eigenvalue weighted by Gasteiger charge is 2.64. The Hall–Kier alpha value is -2.06. The van der Waals surface area contributed by atoms with Crippen LogP contribution in [-0.2, 0) is 23.9 Å². The fourth-order valence-corrected chi connectivity index (χ4v) is 4.62. The highest BCUT2D eigenvalue weighted by Crippen LogP contribution is 2.56. The molecule has 2 aliphatic carbocycles. The standard InChI is InChI=1S/C18H22F3NO5/c1-4-5-22-13-11-6-10(7-12(11)15(22)23)14(13)27-17(25)9(3)26-16(24)8(2)18(19,20)21/h9-14H,2,4-7H2,1,3H3. The van der Waals surface area contributed by atoms with Gasteiger partial charge in [-0.2, -0.15) is 13.2 Å². The summed E-state index contributed by atoms with van der Waals surface area (Å²) in [6.45, 7) is 6.33. The smallest absolute Gasteiger partial charge is 0.422 e. The Kier molecular flexibility index (Phi) is 4.98. The molecule has 6 nitrogen and oxygen atoms in total. The lowest BCUT2D eigenvalue weighted by Crippen LogP contribution is -2.45. The molecule has 3 fully saturated rings. The van der Waals surface area contributed by atoms with Crippen molar-refractivity contribution in [2.24, 2.45) is 17.8 Å². The summed E-state index contributed by atoms with van der Waals surface area (Å²) in [5.74, 6) is -2.35. The first-order chi connectivity index (χ1) is 12.6. The Balaban J connectivity index is 1.63. The molecule has 0 aromatic carbocycles. The van der Waals surface area contributed by atoms with E-state index in [1.54, 1.807) is 4.90 Å². The zero-order chi connectivity index (χ0) is 20.1. The Labute approximate surface area is 154 Å². The van der Waals surface area contributed by atoms with Crippen LogP contribution in [0.15, 0.2) is 12.2 Å². The zero-order valence-corrected chi connectivity index (χ0v) is 15.1. The van der Waals surface area contributed by atoms with Gasteiger partial charge in [-0.3, -0.25) is 4.79 Å². The van der Waals surface area contributed by atoms with Gasteiger partial charge in [0.2, 0.25) is 5.91 Å². The molecule has 0 radical (unpaired) electrons. The van der Waals surface area contributed by atoms with Gasteiger partial charge in [-0.05, 0) is 38.0 Å². The molecule has 1 amide bonds. The van der Waals surface area contributed by atoms with Crippen molar-refractivity contribution in [2.75, 3.05) is 6.54 Å². The van der Waals surface area contributed by atoms with E-state index in [9.17, 15) is 27.6 Å². The maximum atomic E-state index is 12.5. The van der Waals surface area contributed by atoms with Crippen LogP contribution in [0.25, 0.3) is 0 Å². The lowest BCUT2D eigenvalue weighted by Gasteiger charge is -2.32. The summed E-state index contributed by atoms with van der Waals surface area (Å²) >= 11 is 0. The number of esters is 2. The lowest BCUT2D eigenvalue weighted by molar-refractivity contribution is -0.175. The molecule has 2 bridgehead atoms. The predicted octanol–water partition coefficient (Wildman–Crippen LogP) is 2.23. The van der Waals surface area contributed by atoms with Crippen molar-refractivity contribution in [3.05, 3.63) is 12.2 Å². The summed E-state index contributed by atoms with van der Waals surface area (Å²) in [6.07, 6.45) is -4.71. The van der Waals surface area contributed by atoms with Crippen molar-refractivity contribution in [3.63, 3.8) is 0 Å². The lowest BCUT2D eigenvalue weighted by atomic mass is 9.87. The topological polar surface area (TPSA) is 72.9 Å². The Morgan fingerprint density at radius 3 is 2.59 bits per heavy atom. The predicted molar refractivity (Wildman–Crippen MR) is 86.1 cm³/mol. The van der Waals surface area contributed by atoms with E-state index in [2.05, 4.69) is 11.3 Å². The number of halogens is 3.